The van der Waals surface area contributed by atoms with Crippen molar-refractivity contribution in [3.05, 3.63) is 29.0 Å². The minimum Gasteiger partial charge on any atom is -0.360 e. The number of hydrogen-bond acceptors (Lipinski definition) is 2. The minimum atomic E-state index is -0.368. The molecule has 1 heterocycles. The Balaban J connectivity index is 2.36. The fourth-order valence-electron chi connectivity index (χ4n) is 1.61. The lowest BCUT2D eigenvalue weighted by molar-refractivity contribution is -0.116. The van der Waals surface area contributed by atoms with E-state index in [0.29, 0.717) is 23.7 Å². The first-order valence-corrected chi connectivity index (χ1v) is 4.77. The average Bonchev–Trinajstić information content (AvgIpc) is 2.51. The van der Waals surface area contributed by atoms with Crippen LogP contribution in [0.15, 0.2) is 18.2 Å². The second-order valence-corrected chi connectivity index (χ2v) is 3.69. The van der Waals surface area contributed by atoms with Crippen LogP contribution in [0.3, 0.4) is 0 Å². The second-order valence-electron chi connectivity index (χ2n) is 3.28. The van der Waals surface area contributed by atoms with Gasteiger partial charge in [-0.25, -0.2) is 4.39 Å². The van der Waals surface area contributed by atoms with Gasteiger partial charge in [-0.05, 0) is 12.1 Å². The highest BCUT2D eigenvalue weighted by Gasteiger charge is 2.23. The van der Waals surface area contributed by atoms with E-state index in [1.54, 1.807) is 17.0 Å². The molecule has 0 spiro atoms. The highest BCUT2D eigenvalue weighted by molar-refractivity contribution is 6.33. The first-order valence-electron chi connectivity index (χ1n) is 4.39. The number of anilines is 1. The Morgan fingerprint density at radius 3 is 2.79 bits per heavy atom. The largest absolute Gasteiger partial charge is 0.360 e. The van der Waals surface area contributed by atoms with Gasteiger partial charge in [0.15, 0.2) is 5.78 Å². The fraction of sp³-hybridized carbons (Fsp3) is 0.300. The second kappa shape index (κ2) is 3.58. The molecule has 0 N–H and O–H groups in total. The molecule has 4 heteroatoms. The molecule has 2 rings (SSSR count). The molecule has 0 atom stereocenters. The predicted molar refractivity (Wildman–Crippen MR) is 53.2 cm³/mol. The number of nitrogens with zero attached hydrogens (tertiary/aromatic N) is 1. The van der Waals surface area contributed by atoms with Crippen molar-refractivity contribution >= 4 is 23.1 Å². The van der Waals surface area contributed by atoms with Gasteiger partial charge in [-0.3, -0.25) is 4.79 Å². The van der Waals surface area contributed by atoms with Crippen LogP contribution < -0.4 is 4.90 Å². The average molecular weight is 214 g/mol. The third-order valence-electron chi connectivity index (χ3n) is 2.28. The Hall–Kier alpha value is -1.09. The highest BCUT2D eigenvalue weighted by Crippen LogP contribution is 2.30. The van der Waals surface area contributed by atoms with Crippen molar-refractivity contribution in [3.63, 3.8) is 0 Å². The quantitative estimate of drug-likeness (QED) is 0.713. The molecule has 1 aliphatic heterocycles. The lowest BCUT2D eigenvalue weighted by atomic mass is 10.3. The molecule has 0 bridgehead atoms. The lowest BCUT2D eigenvalue weighted by Crippen LogP contribution is -2.21. The van der Waals surface area contributed by atoms with Crippen LogP contribution in [0.5, 0.6) is 0 Å². The van der Waals surface area contributed by atoms with Crippen LogP contribution in [0.4, 0.5) is 10.1 Å². The van der Waals surface area contributed by atoms with Crippen LogP contribution >= 0.6 is 11.6 Å². The van der Waals surface area contributed by atoms with E-state index in [0.717, 1.165) is 0 Å². The van der Waals surface area contributed by atoms with E-state index >= 15 is 0 Å². The Labute approximate surface area is 86.3 Å². The fourth-order valence-corrected chi connectivity index (χ4v) is 1.90. The van der Waals surface area contributed by atoms with Gasteiger partial charge in [0.25, 0.3) is 0 Å². The summed E-state index contributed by atoms with van der Waals surface area (Å²) in [6, 6.07) is 4.53. The zero-order chi connectivity index (χ0) is 10.1. The van der Waals surface area contributed by atoms with E-state index in [-0.39, 0.29) is 18.1 Å². The molecule has 1 fully saturated rings. The molecule has 1 saturated heterocycles. The Bertz CT molecular complexity index is 360. The van der Waals surface area contributed by atoms with Crippen molar-refractivity contribution in [3.8, 4) is 0 Å². The van der Waals surface area contributed by atoms with Gasteiger partial charge in [0.2, 0.25) is 0 Å². The number of halogens is 2. The van der Waals surface area contributed by atoms with Gasteiger partial charge in [-0.2, -0.15) is 0 Å². The van der Waals surface area contributed by atoms with Crippen LogP contribution in [0, 0.1) is 5.82 Å². The Morgan fingerprint density at radius 2 is 2.21 bits per heavy atom. The summed E-state index contributed by atoms with van der Waals surface area (Å²) in [5, 5.41) is 0.361. The summed E-state index contributed by atoms with van der Waals surface area (Å²) in [6.45, 7) is 0.820. The van der Waals surface area contributed by atoms with Crippen molar-refractivity contribution < 1.29 is 9.18 Å². The van der Waals surface area contributed by atoms with Crippen molar-refractivity contribution in [2.45, 2.75) is 6.42 Å². The summed E-state index contributed by atoms with van der Waals surface area (Å²) < 4.78 is 13.4. The van der Waals surface area contributed by atoms with Crippen molar-refractivity contribution in [1.29, 1.82) is 0 Å². The molecular weight excluding hydrogens is 205 g/mol. The normalized spacial score (nSPS) is 16.4. The third-order valence-corrected chi connectivity index (χ3v) is 2.59. The SMILES string of the molecule is O=C1CCN(c2c(F)cccc2Cl)C1. The maximum Gasteiger partial charge on any atom is 0.153 e. The van der Waals surface area contributed by atoms with Crippen LogP contribution in [0.25, 0.3) is 0 Å². The van der Waals surface area contributed by atoms with Gasteiger partial charge < -0.3 is 4.90 Å². The maximum absolute atomic E-state index is 13.4. The maximum atomic E-state index is 13.4. The van der Waals surface area contributed by atoms with Crippen molar-refractivity contribution in [2.24, 2.45) is 0 Å². The molecule has 0 saturated carbocycles. The van der Waals surface area contributed by atoms with Gasteiger partial charge in [0.1, 0.15) is 5.82 Å². The number of ketones is 1. The molecule has 0 radical (unpaired) electrons. The molecule has 0 amide bonds. The number of benzene rings is 1. The van der Waals surface area contributed by atoms with Crippen LogP contribution in [0.2, 0.25) is 5.02 Å². The number of Topliss-reactive ketones (excluding diaryl/α,β-unsaturated/α-hetero) is 1. The summed E-state index contributed by atoms with van der Waals surface area (Å²) >= 11 is 5.86. The summed E-state index contributed by atoms with van der Waals surface area (Å²) in [5.74, 6) is -0.239. The first kappa shape index (κ1) is 9.46. The number of para-hydroxylation sites is 1. The third kappa shape index (κ3) is 1.60. The highest BCUT2D eigenvalue weighted by atomic mass is 35.5. The first-order chi connectivity index (χ1) is 6.68. The Kier molecular flexibility index (Phi) is 2.42. The molecule has 1 aliphatic rings. The van der Waals surface area contributed by atoms with E-state index < -0.39 is 0 Å². The summed E-state index contributed by atoms with van der Waals surface area (Å²) in [6.07, 6.45) is 0.477. The standard InChI is InChI=1S/C10H9ClFNO/c11-8-2-1-3-9(12)10(8)13-5-4-7(14)6-13/h1-3H,4-6H2. The van der Waals surface area contributed by atoms with Gasteiger partial charge in [-0.15, -0.1) is 0 Å². The van der Waals surface area contributed by atoms with E-state index in [4.69, 9.17) is 11.6 Å². The topological polar surface area (TPSA) is 20.3 Å². The van der Waals surface area contributed by atoms with E-state index in [9.17, 15) is 9.18 Å². The van der Waals surface area contributed by atoms with E-state index in [2.05, 4.69) is 0 Å². The zero-order valence-corrected chi connectivity index (χ0v) is 8.22. The molecule has 0 unspecified atom stereocenters. The van der Waals surface area contributed by atoms with Gasteiger partial charge in [-0.1, -0.05) is 17.7 Å². The molecule has 74 valence electrons. The molecule has 1 aromatic carbocycles. The molecule has 1 aromatic rings. The van der Waals surface area contributed by atoms with Crippen molar-refractivity contribution in [1.82, 2.24) is 0 Å². The molecule has 14 heavy (non-hydrogen) atoms. The number of carbonyl (C=O) groups is 1. The summed E-state index contributed by atoms with van der Waals surface area (Å²) in [7, 11) is 0. The van der Waals surface area contributed by atoms with E-state index in [1.165, 1.54) is 6.07 Å². The number of rotatable bonds is 1. The van der Waals surface area contributed by atoms with Crippen LogP contribution in [-0.2, 0) is 4.79 Å². The molecule has 0 aromatic heterocycles. The predicted octanol–water partition coefficient (Wildman–Crippen LogP) is 2.26. The lowest BCUT2D eigenvalue weighted by Gasteiger charge is -2.18. The number of hydrogen-bond donors (Lipinski definition) is 0. The summed E-state index contributed by atoms with van der Waals surface area (Å²) in [4.78, 5) is 12.7. The number of carbonyl (C=O) groups excluding carboxylic acids is 1. The molecular formula is C10H9ClFNO. The minimum absolute atomic E-state index is 0.129. The Morgan fingerprint density at radius 1 is 1.43 bits per heavy atom. The zero-order valence-electron chi connectivity index (χ0n) is 7.46. The van der Waals surface area contributed by atoms with Crippen LogP contribution in [-0.4, -0.2) is 18.9 Å². The van der Waals surface area contributed by atoms with Gasteiger partial charge in [0, 0.05) is 13.0 Å². The van der Waals surface area contributed by atoms with Gasteiger partial charge >= 0.3 is 0 Å². The molecule has 2 nitrogen and oxygen atoms in total. The van der Waals surface area contributed by atoms with Crippen LogP contribution in [0.1, 0.15) is 6.42 Å². The molecule has 0 aliphatic carbocycles. The summed E-state index contributed by atoms with van der Waals surface area (Å²) in [5.41, 5.74) is 0.347. The van der Waals surface area contributed by atoms with Gasteiger partial charge in [0.05, 0.1) is 17.3 Å². The van der Waals surface area contributed by atoms with E-state index in [1.807, 2.05) is 0 Å². The smallest absolute Gasteiger partial charge is 0.153 e. The van der Waals surface area contributed by atoms with Crippen molar-refractivity contribution in [2.75, 3.05) is 18.0 Å². The monoisotopic (exact) mass is 213 g/mol.